The van der Waals surface area contributed by atoms with Gasteiger partial charge < -0.3 is 15.0 Å². The van der Waals surface area contributed by atoms with Gasteiger partial charge in [0, 0.05) is 29.7 Å². The Hall–Kier alpha value is -1.97. The fraction of sp³-hybridized carbons (Fsp3) is 0.400. The molecule has 1 heterocycles. The lowest BCUT2D eigenvalue weighted by molar-refractivity contribution is -0.121. The molecule has 1 saturated carbocycles. The lowest BCUT2D eigenvalue weighted by Gasteiger charge is -2.34. The number of phenolic OH excluding ortho intramolecular Hbond substituents is 1. The monoisotopic (exact) mass is 258 g/mol. The summed E-state index contributed by atoms with van der Waals surface area (Å²) in [6.07, 6.45) is 7.25. The molecule has 1 aliphatic carbocycles. The summed E-state index contributed by atoms with van der Waals surface area (Å²) in [5.41, 5.74) is 2.17. The molecule has 0 atom stereocenters. The SMILES string of the molecule is O=CN(CCc1c[nH]c2ccc(O)cc12)C1CCC1. The molecule has 1 amide bonds. The van der Waals surface area contributed by atoms with Crippen molar-refractivity contribution in [2.75, 3.05) is 6.54 Å². The predicted molar refractivity (Wildman–Crippen MR) is 74.1 cm³/mol. The van der Waals surface area contributed by atoms with Gasteiger partial charge in [-0.25, -0.2) is 0 Å². The Bertz CT molecular complexity index is 587. The summed E-state index contributed by atoms with van der Waals surface area (Å²) in [4.78, 5) is 16.2. The highest BCUT2D eigenvalue weighted by Gasteiger charge is 2.23. The Balaban J connectivity index is 1.73. The van der Waals surface area contributed by atoms with Gasteiger partial charge in [0.05, 0.1) is 0 Å². The smallest absolute Gasteiger partial charge is 0.209 e. The van der Waals surface area contributed by atoms with E-state index >= 15 is 0 Å². The van der Waals surface area contributed by atoms with Crippen molar-refractivity contribution in [3.8, 4) is 5.75 Å². The Morgan fingerprint density at radius 3 is 2.95 bits per heavy atom. The second-order valence-corrected chi connectivity index (χ2v) is 5.22. The highest BCUT2D eigenvalue weighted by Crippen LogP contribution is 2.26. The van der Waals surface area contributed by atoms with E-state index in [0.29, 0.717) is 6.04 Å². The normalized spacial score (nSPS) is 15.4. The standard InChI is InChI=1S/C15H18N2O2/c18-10-17(12-2-1-3-12)7-6-11-9-16-15-5-4-13(19)8-14(11)15/h4-5,8-10,12,16,19H,1-3,6-7H2. The Morgan fingerprint density at radius 2 is 2.26 bits per heavy atom. The zero-order valence-corrected chi connectivity index (χ0v) is 10.8. The molecule has 0 unspecified atom stereocenters. The number of carbonyl (C=O) groups is 1. The first-order valence-corrected chi connectivity index (χ1v) is 6.78. The average Bonchev–Trinajstić information content (AvgIpc) is 2.74. The average molecular weight is 258 g/mol. The van der Waals surface area contributed by atoms with Crippen LogP contribution in [0.4, 0.5) is 0 Å². The molecule has 0 bridgehead atoms. The van der Waals surface area contributed by atoms with Crippen LogP contribution in [0.25, 0.3) is 10.9 Å². The maximum atomic E-state index is 11.1. The number of aromatic nitrogens is 1. The summed E-state index contributed by atoms with van der Waals surface area (Å²) in [5, 5.41) is 10.6. The van der Waals surface area contributed by atoms with E-state index in [1.165, 1.54) is 6.42 Å². The fourth-order valence-corrected chi connectivity index (χ4v) is 2.66. The van der Waals surface area contributed by atoms with Crippen molar-refractivity contribution in [3.63, 3.8) is 0 Å². The van der Waals surface area contributed by atoms with Crippen LogP contribution in [0.5, 0.6) is 5.75 Å². The third-order valence-electron chi connectivity index (χ3n) is 4.07. The molecule has 0 saturated heterocycles. The second kappa shape index (κ2) is 4.96. The van der Waals surface area contributed by atoms with Gasteiger partial charge in [-0.05, 0) is 49.4 Å². The van der Waals surface area contributed by atoms with E-state index in [4.69, 9.17) is 0 Å². The highest BCUT2D eigenvalue weighted by molar-refractivity contribution is 5.84. The van der Waals surface area contributed by atoms with Crippen molar-refractivity contribution in [1.29, 1.82) is 0 Å². The van der Waals surface area contributed by atoms with Crippen LogP contribution in [0.2, 0.25) is 0 Å². The van der Waals surface area contributed by atoms with Gasteiger partial charge >= 0.3 is 0 Å². The molecule has 0 radical (unpaired) electrons. The van der Waals surface area contributed by atoms with E-state index < -0.39 is 0 Å². The maximum absolute atomic E-state index is 11.1. The van der Waals surface area contributed by atoms with Crippen LogP contribution in [0, 0.1) is 0 Å². The number of benzene rings is 1. The molecule has 1 aromatic carbocycles. The van der Waals surface area contributed by atoms with Gasteiger partial charge in [-0.3, -0.25) is 4.79 Å². The number of aromatic amines is 1. The molecule has 100 valence electrons. The van der Waals surface area contributed by atoms with E-state index in [0.717, 1.165) is 48.7 Å². The van der Waals surface area contributed by atoms with Crippen molar-refractivity contribution in [2.24, 2.45) is 0 Å². The van der Waals surface area contributed by atoms with Crippen molar-refractivity contribution in [1.82, 2.24) is 9.88 Å². The number of rotatable bonds is 5. The Kier molecular flexibility index (Phi) is 3.15. The number of fused-ring (bicyclic) bond motifs is 1. The minimum Gasteiger partial charge on any atom is -0.508 e. The first-order valence-electron chi connectivity index (χ1n) is 6.78. The van der Waals surface area contributed by atoms with Crippen LogP contribution in [0.15, 0.2) is 24.4 Å². The lowest BCUT2D eigenvalue weighted by Crippen LogP contribution is -2.40. The number of phenols is 1. The fourth-order valence-electron chi connectivity index (χ4n) is 2.66. The lowest BCUT2D eigenvalue weighted by atomic mass is 9.91. The van der Waals surface area contributed by atoms with E-state index in [1.807, 2.05) is 17.2 Å². The van der Waals surface area contributed by atoms with Crippen molar-refractivity contribution in [3.05, 3.63) is 30.0 Å². The number of nitrogens with one attached hydrogen (secondary N) is 1. The van der Waals surface area contributed by atoms with Gasteiger partial charge in [0.2, 0.25) is 6.41 Å². The molecule has 0 aliphatic heterocycles. The van der Waals surface area contributed by atoms with Crippen molar-refractivity contribution >= 4 is 17.3 Å². The summed E-state index contributed by atoms with van der Waals surface area (Å²) in [6.45, 7) is 0.747. The molecule has 4 heteroatoms. The number of carbonyl (C=O) groups excluding carboxylic acids is 1. The number of hydrogen-bond donors (Lipinski definition) is 2. The van der Waals surface area contributed by atoms with Gasteiger partial charge in [0.25, 0.3) is 0 Å². The van der Waals surface area contributed by atoms with Gasteiger partial charge in [0.15, 0.2) is 0 Å². The second-order valence-electron chi connectivity index (χ2n) is 5.22. The molecule has 3 rings (SSSR count). The van der Waals surface area contributed by atoms with Crippen molar-refractivity contribution < 1.29 is 9.90 Å². The molecule has 1 fully saturated rings. The number of aromatic hydroxyl groups is 1. The van der Waals surface area contributed by atoms with Crippen LogP contribution in [0.3, 0.4) is 0 Å². The van der Waals surface area contributed by atoms with Crippen LogP contribution in [-0.2, 0) is 11.2 Å². The molecule has 2 aromatic rings. The van der Waals surface area contributed by atoms with Crippen molar-refractivity contribution in [2.45, 2.75) is 31.7 Å². The largest absolute Gasteiger partial charge is 0.508 e. The molecule has 19 heavy (non-hydrogen) atoms. The first kappa shape index (κ1) is 12.1. The molecule has 1 aromatic heterocycles. The van der Waals surface area contributed by atoms with Gasteiger partial charge in [-0.1, -0.05) is 0 Å². The molecule has 0 spiro atoms. The quantitative estimate of drug-likeness (QED) is 0.809. The van der Waals surface area contributed by atoms with Gasteiger partial charge in [-0.15, -0.1) is 0 Å². The van der Waals surface area contributed by atoms with Crippen LogP contribution in [0.1, 0.15) is 24.8 Å². The first-order chi connectivity index (χ1) is 9.28. The third kappa shape index (κ3) is 2.30. The highest BCUT2D eigenvalue weighted by atomic mass is 16.3. The summed E-state index contributed by atoms with van der Waals surface area (Å²) in [5.74, 6) is 0.277. The number of H-pyrrole nitrogens is 1. The topological polar surface area (TPSA) is 56.3 Å². The van der Waals surface area contributed by atoms with E-state index in [2.05, 4.69) is 4.98 Å². The maximum Gasteiger partial charge on any atom is 0.209 e. The van der Waals surface area contributed by atoms with E-state index in [1.54, 1.807) is 12.1 Å². The summed E-state index contributed by atoms with van der Waals surface area (Å²) in [6, 6.07) is 5.76. The van der Waals surface area contributed by atoms with Gasteiger partial charge in [-0.2, -0.15) is 0 Å². The number of amides is 1. The van der Waals surface area contributed by atoms with E-state index in [-0.39, 0.29) is 5.75 Å². The summed E-state index contributed by atoms with van der Waals surface area (Å²) in [7, 11) is 0. The Labute approximate surface area is 112 Å². The zero-order valence-electron chi connectivity index (χ0n) is 10.8. The predicted octanol–water partition coefficient (Wildman–Crippen LogP) is 2.43. The van der Waals surface area contributed by atoms with Crippen LogP contribution >= 0.6 is 0 Å². The molecular formula is C15H18N2O2. The minimum absolute atomic E-state index is 0.277. The van der Waals surface area contributed by atoms with Crippen LogP contribution < -0.4 is 0 Å². The van der Waals surface area contributed by atoms with Crippen LogP contribution in [-0.4, -0.2) is 34.0 Å². The number of hydrogen-bond acceptors (Lipinski definition) is 2. The molecule has 1 aliphatic rings. The molecule has 4 nitrogen and oxygen atoms in total. The summed E-state index contributed by atoms with van der Waals surface area (Å²) >= 11 is 0. The summed E-state index contributed by atoms with van der Waals surface area (Å²) < 4.78 is 0. The molecular weight excluding hydrogens is 240 g/mol. The minimum atomic E-state index is 0.277. The molecule has 2 N–H and O–H groups in total. The Morgan fingerprint density at radius 1 is 1.42 bits per heavy atom. The van der Waals surface area contributed by atoms with E-state index in [9.17, 15) is 9.90 Å². The zero-order chi connectivity index (χ0) is 13.2. The van der Waals surface area contributed by atoms with Gasteiger partial charge in [0.1, 0.15) is 5.75 Å². The third-order valence-corrected chi connectivity index (χ3v) is 4.07. The number of nitrogens with zero attached hydrogens (tertiary/aromatic N) is 1.